The Morgan fingerprint density at radius 2 is 2.25 bits per heavy atom. The van der Waals surface area contributed by atoms with Crippen LogP contribution in [0.3, 0.4) is 0 Å². The average Bonchev–Trinajstić information content (AvgIpc) is 2.84. The zero-order valence-corrected chi connectivity index (χ0v) is 11.9. The fourth-order valence-electron chi connectivity index (χ4n) is 1.09. The molecule has 0 radical (unpaired) electrons. The van der Waals surface area contributed by atoms with Gasteiger partial charge in [0.2, 0.25) is 0 Å². The molecule has 2 aromatic heterocycles. The number of carbonyl (C=O) groups excluding carboxylic acids is 1. The number of thiophene rings is 2. The highest BCUT2D eigenvalue weighted by molar-refractivity contribution is 8.01. The number of hydrogen-bond donors (Lipinski definition) is 0. The van der Waals surface area contributed by atoms with Crippen LogP contribution in [-0.4, -0.2) is 11.5 Å². The van der Waals surface area contributed by atoms with E-state index in [1.54, 1.807) is 17.4 Å². The van der Waals surface area contributed by atoms with Crippen LogP contribution in [0.15, 0.2) is 27.8 Å². The highest BCUT2D eigenvalue weighted by atomic mass is 35.5. The zero-order chi connectivity index (χ0) is 11.5. The van der Waals surface area contributed by atoms with Gasteiger partial charge in [-0.25, -0.2) is 0 Å². The summed E-state index contributed by atoms with van der Waals surface area (Å²) in [7, 11) is 0. The van der Waals surface area contributed by atoms with Crippen molar-refractivity contribution in [1.82, 2.24) is 0 Å². The largest absolute Gasteiger partial charge is 0.293 e. The Bertz CT molecular complexity index is 490. The fourth-order valence-corrected chi connectivity index (χ4v) is 4.26. The van der Waals surface area contributed by atoms with Crippen LogP contribution in [0.5, 0.6) is 0 Å². The Kier molecular flexibility index (Phi) is 4.33. The molecule has 0 aliphatic heterocycles. The number of rotatable bonds is 4. The summed E-state index contributed by atoms with van der Waals surface area (Å²) in [6, 6.07) is 5.59. The Morgan fingerprint density at radius 3 is 2.81 bits per heavy atom. The second-order valence-electron chi connectivity index (χ2n) is 2.88. The van der Waals surface area contributed by atoms with Gasteiger partial charge in [-0.2, -0.15) is 0 Å². The molecule has 0 atom stereocenters. The van der Waals surface area contributed by atoms with Crippen molar-refractivity contribution in [2.75, 3.05) is 5.75 Å². The molecule has 16 heavy (non-hydrogen) atoms. The summed E-state index contributed by atoms with van der Waals surface area (Å²) < 4.78 is 2.15. The van der Waals surface area contributed by atoms with Crippen molar-refractivity contribution in [2.24, 2.45) is 0 Å². The summed E-state index contributed by atoms with van der Waals surface area (Å²) in [5, 5.41) is 1.99. The third kappa shape index (κ3) is 3.02. The van der Waals surface area contributed by atoms with Gasteiger partial charge in [-0.05, 0) is 17.5 Å². The molecule has 0 aliphatic rings. The molecular weight excluding hydrogens is 303 g/mol. The molecule has 1 nitrogen and oxygen atoms in total. The second-order valence-corrected chi connectivity index (χ2v) is 7.39. The fraction of sp³-hybridized carbons (Fsp3) is 0.100. The molecule has 0 bridgehead atoms. The minimum Gasteiger partial charge on any atom is -0.293 e. The van der Waals surface area contributed by atoms with Crippen molar-refractivity contribution in [2.45, 2.75) is 4.21 Å². The first kappa shape index (κ1) is 12.5. The maximum absolute atomic E-state index is 11.8. The lowest BCUT2D eigenvalue weighted by Crippen LogP contribution is -2.00. The normalized spacial score (nSPS) is 10.6. The molecule has 0 saturated heterocycles. The predicted molar refractivity (Wildman–Crippen MR) is 73.7 cm³/mol. The lowest BCUT2D eigenvalue weighted by atomic mass is 10.2. The number of halogens is 2. The lowest BCUT2D eigenvalue weighted by molar-refractivity contribution is 0.102. The summed E-state index contributed by atoms with van der Waals surface area (Å²) in [6.07, 6.45) is 0. The van der Waals surface area contributed by atoms with Crippen LogP contribution in [0.25, 0.3) is 0 Å². The number of hydrogen-bond acceptors (Lipinski definition) is 4. The van der Waals surface area contributed by atoms with Gasteiger partial charge >= 0.3 is 0 Å². The molecule has 0 aromatic carbocycles. The molecule has 2 heterocycles. The first-order valence-electron chi connectivity index (χ1n) is 4.31. The third-order valence-electron chi connectivity index (χ3n) is 1.80. The molecule has 0 unspecified atom stereocenters. The van der Waals surface area contributed by atoms with Crippen molar-refractivity contribution in [1.29, 1.82) is 0 Å². The number of ketones is 1. The topological polar surface area (TPSA) is 17.1 Å². The van der Waals surface area contributed by atoms with E-state index in [1.165, 1.54) is 23.1 Å². The van der Waals surface area contributed by atoms with Gasteiger partial charge in [0.25, 0.3) is 0 Å². The molecule has 0 saturated carbocycles. The predicted octanol–water partition coefficient (Wildman–Crippen LogP) is 5.09. The van der Waals surface area contributed by atoms with E-state index >= 15 is 0 Å². The van der Waals surface area contributed by atoms with Gasteiger partial charge in [0.05, 0.1) is 14.3 Å². The maximum atomic E-state index is 11.8. The molecule has 0 aliphatic carbocycles. The molecule has 2 aromatic rings. The highest BCUT2D eigenvalue weighted by Crippen LogP contribution is 2.33. The summed E-state index contributed by atoms with van der Waals surface area (Å²) in [5.41, 5.74) is 0.528. The quantitative estimate of drug-likeness (QED) is 0.578. The maximum Gasteiger partial charge on any atom is 0.175 e. The highest BCUT2D eigenvalue weighted by Gasteiger charge is 2.14. The van der Waals surface area contributed by atoms with Crippen molar-refractivity contribution in [3.05, 3.63) is 37.8 Å². The molecule has 2 rings (SSSR count). The van der Waals surface area contributed by atoms with Crippen LogP contribution in [0.2, 0.25) is 8.67 Å². The lowest BCUT2D eigenvalue weighted by Gasteiger charge is -1.97. The van der Waals surface area contributed by atoms with Crippen LogP contribution in [0, 0.1) is 0 Å². The Labute approximate surface area is 115 Å². The first-order chi connectivity index (χ1) is 7.66. The number of carbonyl (C=O) groups is 1. The number of Topliss-reactive ketones (excluding diaryl/α,β-unsaturated/α-hetero) is 1. The van der Waals surface area contributed by atoms with Crippen molar-refractivity contribution in [3.63, 3.8) is 0 Å². The van der Waals surface area contributed by atoms with Crippen LogP contribution >= 0.6 is 57.6 Å². The van der Waals surface area contributed by atoms with Gasteiger partial charge in [-0.3, -0.25) is 4.79 Å². The number of thioether (sulfide) groups is 1. The Balaban J connectivity index is 2.01. The molecule has 84 valence electrons. The summed E-state index contributed by atoms with van der Waals surface area (Å²) in [6.45, 7) is 0. The Morgan fingerprint density at radius 1 is 1.44 bits per heavy atom. The molecule has 0 amide bonds. The van der Waals surface area contributed by atoms with E-state index in [9.17, 15) is 4.79 Å². The minimum atomic E-state index is 0.0200. The summed E-state index contributed by atoms with van der Waals surface area (Å²) in [4.78, 5) is 11.8. The van der Waals surface area contributed by atoms with Crippen molar-refractivity contribution >= 4 is 63.4 Å². The van der Waals surface area contributed by atoms with Gasteiger partial charge < -0.3 is 0 Å². The average molecular weight is 309 g/mol. The van der Waals surface area contributed by atoms with Gasteiger partial charge in [0, 0.05) is 5.56 Å². The van der Waals surface area contributed by atoms with Crippen LogP contribution < -0.4 is 0 Å². The van der Waals surface area contributed by atoms with Crippen LogP contribution in [-0.2, 0) is 0 Å². The van der Waals surface area contributed by atoms with Gasteiger partial charge in [-0.15, -0.1) is 34.4 Å². The second kappa shape index (κ2) is 5.56. The summed E-state index contributed by atoms with van der Waals surface area (Å²) in [5.74, 6) is 0.416. The molecule has 0 N–H and O–H groups in total. The van der Waals surface area contributed by atoms with Crippen molar-refractivity contribution < 1.29 is 4.79 Å². The smallest absolute Gasteiger partial charge is 0.175 e. The van der Waals surface area contributed by atoms with E-state index in [4.69, 9.17) is 23.2 Å². The van der Waals surface area contributed by atoms with Gasteiger partial charge in [0.15, 0.2) is 5.78 Å². The minimum absolute atomic E-state index is 0.0200. The van der Waals surface area contributed by atoms with Gasteiger partial charge in [-0.1, -0.05) is 29.3 Å². The zero-order valence-electron chi connectivity index (χ0n) is 7.91. The summed E-state index contributed by atoms with van der Waals surface area (Å²) >= 11 is 16.1. The van der Waals surface area contributed by atoms with E-state index in [-0.39, 0.29) is 5.78 Å². The van der Waals surface area contributed by atoms with Crippen LogP contribution in [0.4, 0.5) is 0 Å². The van der Waals surface area contributed by atoms with Gasteiger partial charge in [0.1, 0.15) is 4.34 Å². The Hall–Kier alpha value is -0.0000000000000000555. The van der Waals surface area contributed by atoms with Crippen LogP contribution in [0.1, 0.15) is 10.4 Å². The van der Waals surface area contributed by atoms with E-state index in [0.29, 0.717) is 20.0 Å². The molecule has 6 heteroatoms. The monoisotopic (exact) mass is 308 g/mol. The van der Waals surface area contributed by atoms with E-state index in [0.717, 1.165) is 4.21 Å². The SMILES string of the molecule is O=C(CSc1cccs1)c1cc(Cl)sc1Cl. The van der Waals surface area contributed by atoms with E-state index in [2.05, 4.69) is 0 Å². The van der Waals surface area contributed by atoms with Crippen molar-refractivity contribution in [3.8, 4) is 0 Å². The van der Waals surface area contributed by atoms with E-state index < -0.39 is 0 Å². The molecule has 0 spiro atoms. The standard InChI is InChI=1S/C10H6Cl2OS3/c11-8-4-6(10(12)16-8)7(13)5-15-9-2-1-3-14-9/h1-4H,5H2. The first-order valence-corrected chi connectivity index (χ1v) is 7.75. The molecule has 0 fully saturated rings. The third-order valence-corrected chi connectivity index (χ3v) is 5.42. The van der Waals surface area contributed by atoms with E-state index in [1.807, 2.05) is 17.5 Å². The molecular formula is C10H6Cl2OS3.